The van der Waals surface area contributed by atoms with Crippen molar-refractivity contribution in [3.63, 3.8) is 0 Å². The van der Waals surface area contributed by atoms with Gasteiger partial charge in [-0.15, -0.1) is 0 Å². The SMILES string of the molecule is CC(=O)c1ccccc1NC(=O)CC(C(=O)O)c1ccccc1. The number of carbonyl (C=O) groups excluding carboxylic acids is 2. The summed E-state index contributed by atoms with van der Waals surface area (Å²) in [4.78, 5) is 35.2. The molecule has 0 bridgehead atoms. The van der Waals surface area contributed by atoms with Crippen molar-refractivity contribution in [1.29, 1.82) is 0 Å². The average Bonchev–Trinajstić information content (AvgIpc) is 2.53. The number of Topliss-reactive ketones (excluding diaryl/α,β-unsaturated/α-hetero) is 1. The summed E-state index contributed by atoms with van der Waals surface area (Å²) in [5.74, 6) is -2.61. The first kappa shape index (κ1) is 16.4. The number of nitrogens with one attached hydrogen (secondary N) is 1. The summed E-state index contributed by atoms with van der Waals surface area (Å²) in [5, 5.41) is 12.0. The van der Waals surface area contributed by atoms with Crippen molar-refractivity contribution in [2.45, 2.75) is 19.3 Å². The second-order valence-corrected chi connectivity index (χ2v) is 5.16. The topological polar surface area (TPSA) is 83.5 Å². The van der Waals surface area contributed by atoms with Crippen molar-refractivity contribution in [2.24, 2.45) is 0 Å². The monoisotopic (exact) mass is 311 g/mol. The number of rotatable bonds is 6. The molecule has 5 heteroatoms. The van der Waals surface area contributed by atoms with Gasteiger partial charge in [-0.25, -0.2) is 0 Å². The average molecular weight is 311 g/mol. The maximum Gasteiger partial charge on any atom is 0.311 e. The lowest BCUT2D eigenvalue weighted by Gasteiger charge is -2.14. The molecule has 0 saturated carbocycles. The molecule has 2 N–H and O–H groups in total. The molecule has 0 aliphatic carbocycles. The molecule has 2 aromatic rings. The minimum absolute atomic E-state index is 0.168. The van der Waals surface area contributed by atoms with Crippen LogP contribution in [-0.4, -0.2) is 22.8 Å². The molecule has 5 nitrogen and oxygen atoms in total. The lowest BCUT2D eigenvalue weighted by atomic mass is 9.95. The predicted molar refractivity (Wildman–Crippen MR) is 86.5 cm³/mol. The number of hydrogen-bond acceptors (Lipinski definition) is 3. The van der Waals surface area contributed by atoms with E-state index in [-0.39, 0.29) is 12.2 Å². The number of hydrogen-bond donors (Lipinski definition) is 2. The standard InChI is InChI=1S/C18H17NO4/c1-12(20)14-9-5-6-10-16(14)19-17(21)11-15(18(22)23)13-7-3-2-4-8-13/h2-10,15H,11H2,1H3,(H,19,21)(H,22,23). The van der Waals surface area contributed by atoms with Gasteiger partial charge in [-0.2, -0.15) is 0 Å². The molecule has 23 heavy (non-hydrogen) atoms. The van der Waals surface area contributed by atoms with E-state index in [1.807, 2.05) is 0 Å². The number of carboxylic acid groups (broad SMARTS) is 1. The van der Waals surface area contributed by atoms with Crippen LogP contribution in [0.15, 0.2) is 54.6 Å². The van der Waals surface area contributed by atoms with Crippen LogP contribution in [0.2, 0.25) is 0 Å². The number of carboxylic acids is 1. The van der Waals surface area contributed by atoms with Crippen molar-refractivity contribution in [3.05, 3.63) is 65.7 Å². The molecule has 1 atom stereocenters. The second kappa shape index (κ2) is 7.35. The number of ketones is 1. The van der Waals surface area contributed by atoms with E-state index >= 15 is 0 Å². The highest BCUT2D eigenvalue weighted by Crippen LogP contribution is 2.22. The third-order valence-electron chi connectivity index (χ3n) is 3.47. The number of para-hydroxylation sites is 1. The van der Waals surface area contributed by atoms with Crippen molar-refractivity contribution >= 4 is 23.3 Å². The van der Waals surface area contributed by atoms with Crippen LogP contribution < -0.4 is 5.32 Å². The Bertz CT molecular complexity index is 725. The number of carbonyl (C=O) groups is 3. The quantitative estimate of drug-likeness (QED) is 0.803. The highest BCUT2D eigenvalue weighted by molar-refractivity contribution is 6.04. The molecule has 0 saturated heterocycles. The molecule has 0 radical (unpaired) electrons. The summed E-state index contributed by atoms with van der Waals surface area (Å²) in [5.41, 5.74) is 1.35. The van der Waals surface area contributed by atoms with E-state index in [4.69, 9.17) is 0 Å². The molecule has 0 aromatic heterocycles. The smallest absolute Gasteiger partial charge is 0.311 e. The number of benzene rings is 2. The molecule has 118 valence electrons. The second-order valence-electron chi connectivity index (χ2n) is 5.16. The van der Waals surface area contributed by atoms with Crippen LogP contribution in [0.5, 0.6) is 0 Å². The van der Waals surface area contributed by atoms with Crippen LogP contribution in [0.4, 0.5) is 5.69 Å². The van der Waals surface area contributed by atoms with Gasteiger partial charge in [-0.3, -0.25) is 14.4 Å². The Kier molecular flexibility index (Phi) is 5.25. The Labute approximate surface area is 134 Å². The zero-order chi connectivity index (χ0) is 16.8. The minimum Gasteiger partial charge on any atom is -0.481 e. The van der Waals surface area contributed by atoms with Gasteiger partial charge in [-0.05, 0) is 24.6 Å². The number of amides is 1. The third kappa shape index (κ3) is 4.26. The van der Waals surface area contributed by atoms with Crippen molar-refractivity contribution in [2.75, 3.05) is 5.32 Å². The van der Waals surface area contributed by atoms with Gasteiger partial charge in [0.15, 0.2) is 5.78 Å². The van der Waals surface area contributed by atoms with Gasteiger partial charge in [-0.1, -0.05) is 42.5 Å². The molecule has 0 aliphatic heterocycles. The lowest BCUT2D eigenvalue weighted by molar-refractivity contribution is -0.140. The first-order chi connectivity index (χ1) is 11.0. The third-order valence-corrected chi connectivity index (χ3v) is 3.47. The molecule has 1 amide bonds. The highest BCUT2D eigenvalue weighted by Gasteiger charge is 2.23. The Morgan fingerprint density at radius 2 is 1.61 bits per heavy atom. The van der Waals surface area contributed by atoms with Crippen LogP contribution >= 0.6 is 0 Å². The largest absolute Gasteiger partial charge is 0.481 e. The van der Waals surface area contributed by atoms with E-state index in [9.17, 15) is 19.5 Å². The van der Waals surface area contributed by atoms with Crippen LogP contribution in [0.3, 0.4) is 0 Å². The molecule has 0 fully saturated rings. The van der Waals surface area contributed by atoms with E-state index in [0.29, 0.717) is 16.8 Å². The number of aliphatic carboxylic acids is 1. The van der Waals surface area contributed by atoms with Gasteiger partial charge in [0, 0.05) is 12.0 Å². The first-order valence-corrected chi connectivity index (χ1v) is 7.16. The van der Waals surface area contributed by atoms with Crippen LogP contribution in [-0.2, 0) is 9.59 Å². The molecule has 2 rings (SSSR count). The maximum absolute atomic E-state index is 12.2. The Hall–Kier alpha value is -2.95. The van der Waals surface area contributed by atoms with Gasteiger partial charge >= 0.3 is 5.97 Å². The summed E-state index contributed by atoms with van der Waals surface area (Å²) in [6.07, 6.45) is -0.203. The fraction of sp³-hybridized carbons (Fsp3) is 0.167. The summed E-state index contributed by atoms with van der Waals surface area (Å²) in [6.45, 7) is 1.41. The van der Waals surface area contributed by atoms with Crippen molar-refractivity contribution < 1.29 is 19.5 Å². The molecule has 0 aliphatic rings. The van der Waals surface area contributed by atoms with Gasteiger partial charge in [0.1, 0.15) is 0 Å². The molecular formula is C18H17NO4. The van der Waals surface area contributed by atoms with Crippen molar-refractivity contribution in [1.82, 2.24) is 0 Å². The maximum atomic E-state index is 12.2. The molecular weight excluding hydrogens is 294 g/mol. The summed E-state index contributed by atoms with van der Waals surface area (Å²) >= 11 is 0. The molecule has 1 unspecified atom stereocenters. The highest BCUT2D eigenvalue weighted by atomic mass is 16.4. The Morgan fingerprint density at radius 3 is 2.22 bits per heavy atom. The van der Waals surface area contributed by atoms with Crippen LogP contribution in [0.1, 0.15) is 35.2 Å². The van der Waals surface area contributed by atoms with Gasteiger partial charge in [0.2, 0.25) is 5.91 Å². The Balaban J connectivity index is 2.15. The molecule has 0 spiro atoms. The van der Waals surface area contributed by atoms with E-state index in [1.54, 1.807) is 54.6 Å². The zero-order valence-electron chi connectivity index (χ0n) is 12.7. The fourth-order valence-electron chi connectivity index (χ4n) is 2.32. The fourth-order valence-corrected chi connectivity index (χ4v) is 2.32. The van der Waals surface area contributed by atoms with Crippen LogP contribution in [0, 0.1) is 0 Å². The molecule has 0 heterocycles. The normalized spacial score (nSPS) is 11.5. The van der Waals surface area contributed by atoms with E-state index < -0.39 is 17.8 Å². The zero-order valence-corrected chi connectivity index (χ0v) is 12.7. The van der Waals surface area contributed by atoms with Crippen LogP contribution in [0.25, 0.3) is 0 Å². The van der Waals surface area contributed by atoms with E-state index in [2.05, 4.69) is 5.32 Å². The summed E-state index contributed by atoms with van der Waals surface area (Å²) in [6, 6.07) is 15.2. The number of anilines is 1. The minimum atomic E-state index is -1.06. The Morgan fingerprint density at radius 1 is 1.00 bits per heavy atom. The van der Waals surface area contributed by atoms with Crippen molar-refractivity contribution in [3.8, 4) is 0 Å². The summed E-state index contributed by atoms with van der Waals surface area (Å²) in [7, 11) is 0. The van der Waals surface area contributed by atoms with E-state index in [0.717, 1.165) is 0 Å². The van der Waals surface area contributed by atoms with Gasteiger partial charge in [0.05, 0.1) is 11.6 Å². The lowest BCUT2D eigenvalue weighted by Crippen LogP contribution is -2.21. The molecule has 2 aromatic carbocycles. The predicted octanol–water partition coefficient (Wildman–Crippen LogP) is 3.09. The van der Waals surface area contributed by atoms with E-state index in [1.165, 1.54) is 6.92 Å². The summed E-state index contributed by atoms with van der Waals surface area (Å²) < 4.78 is 0. The first-order valence-electron chi connectivity index (χ1n) is 7.16. The van der Waals surface area contributed by atoms with Gasteiger partial charge in [0.25, 0.3) is 0 Å². The van der Waals surface area contributed by atoms with Gasteiger partial charge < -0.3 is 10.4 Å².